The van der Waals surface area contributed by atoms with Gasteiger partial charge in [-0.05, 0) is 34.1 Å². The zero-order valence-corrected chi connectivity index (χ0v) is 11.2. The van der Waals surface area contributed by atoms with Crippen molar-refractivity contribution in [3.05, 3.63) is 40.1 Å². The number of hydrogen-bond donors (Lipinski definition) is 2. The number of carboxylic acid groups (broad SMARTS) is 1. The number of nitrogens with zero attached hydrogens (tertiary/aromatic N) is 2. The summed E-state index contributed by atoms with van der Waals surface area (Å²) in [6.07, 6.45) is 1.34. The third-order valence-corrected chi connectivity index (χ3v) is 3.22. The molecule has 0 fully saturated rings. The van der Waals surface area contributed by atoms with Gasteiger partial charge in [0, 0.05) is 4.47 Å². The molecule has 0 saturated carbocycles. The highest BCUT2D eigenvalue weighted by Gasteiger charge is 2.12. The topological polar surface area (TPSA) is 92.2 Å². The maximum absolute atomic E-state index is 11.7. The molecule has 0 unspecified atom stereocenters. The van der Waals surface area contributed by atoms with Gasteiger partial charge in [0.2, 0.25) is 0 Å². The van der Waals surface area contributed by atoms with Crippen molar-refractivity contribution in [2.75, 3.05) is 5.32 Å². The predicted octanol–water partition coefficient (Wildman–Crippen LogP) is 2.25. The Hall–Kier alpha value is -1.80. The summed E-state index contributed by atoms with van der Waals surface area (Å²) in [5.41, 5.74) is 0.644. The quantitative estimate of drug-likeness (QED) is 0.901. The summed E-state index contributed by atoms with van der Waals surface area (Å²) >= 11 is 4.15. The maximum Gasteiger partial charge on any atom is 0.335 e. The van der Waals surface area contributed by atoms with E-state index in [1.54, 1.807) is 6.07 Å². The fourth-order valence-electron chi connectivity index (χ4n) is 1.21. The van der Waals surface area contributed by atoms with Crippen LogP contribution in [0.1, 0.15) is 20.8 Å². The Morgan fingerprint density at radius 3 is 2.78 bits per heavy atom. The van der Waals surface area contributed by atoms with Gasteiger partial charge in [-0.15, -0.1) is 0 Å². The first-order chi connectivity index (χ1) is 8.58. The largest absolute Gasteiger partial charge is 0.478 e. The number of aromatic nitrogens is 2. The number of halogens is 1. The number of carboxylic acids is 1. The Labute approximate surface area is 114 Å². The monoisotopic (exact) mass is 327 g/mol. The van der Waals surface area contributed by atoms with Crippen molar-refractivity contribution in [1.82, 2.24) is 8.75 Å². The molecular formula is C10H6BrN3O3S. The first kappa shape index (κ1) is 12.7. The number of amides is 1. The summed E-state index contributed by atoms with van der Waals surface area (Å²) in [4.78, 5) is 22.6. The molecule has 0 aliphatic heterocycles. The number of anilines is 1. The Bertz CT molecular complexity index is 600. The summed E-state index contributed by atoms with van der Waals surface area (Å²) in [6, 6.07) is 4.36. The Balaban J connectivity index is 2.26. The molecule has 1 heterocycles. The zero-order chi connectivity index (χ0) is 13.1. The first-order valence-corrected chi connectivity index (χ1v) is 6.22. The van der Waals surface area contributed by atoms with E-state index in [0.717, 1.165) is 11.7 Å². The van der Waals surface area contributed by atoms with E-state index in [4.69, 9.17) is 5.11 Å². The van der Waals surface area contributed by atoms with Crippen LogP contribution in [0, 0.1) is 0 Å². The van der Waals surface area contributed by atoms with Gasteiger partial charge in [-0.25, -0.2) is 4.79 Å². The minimum Gasteiger partial charge on any atom is -0.478 e. The van der Waals surface area contributed by atoms with Crippen LogP contribution in [0.4, 0.5) is 5.69 Å². The Morgan fingerprint density at radius 2 is 2.17 bits per heavy atom. The molecule has 6 nitrogen and oxygen atoms in total. The smallest absolute Gasteiger partial charge is 0.335 e. The number of carbonyl (C=O) groups excluding carboxylic acids is 1. The summed E-state index contributed by atoms with van der Waals surface area (Å²) < 4.78 is 8.09. The molecule has 1 aromatic carbocycles. The molecule has 0 bridgehead atoms. The van der Waals surface area contributed by atoms with E-state index >= 15 is 0 Å². The van der Waals surface area contributed by atoms with Crippen molar-refractivity contribution in [2.24, 2.45) is 0 Å². The van der Waals surface area contributed by atoms with Gasteiger partial charge in [-0.2, -0.15) is 8.75 Å². The van der Waals surface area contributed by atoms with Gasteiger partial charge in [-0.1, -0.05) is 0 Å². The van der Waals surface area contributed by atoms with E-state index in [9.17, 15) is 9.59 Å². The van der Waals surface area contributed by atoms with Gasteiger partial charge in [0.15, 0.2) is 5.69 Å². The lowest BCUT2D eigenvalue weighted by molar-refractivity contribution is 0.0696. The van der Waals surface area contributed by atoms with E-state index in [-0.39, 0.29) is 11.3 Å². The van der Waals surface area contributed by atoms with Gasteiger partial charge in [-0.3, -0.25) is 4.79 Å². The molecule has 0 saturated heterocycles. The standard InChI is InChI=1S/C10H6BrN3O3S/c11-6-2-1-5(10(16)17)3-7(6)13-9(15)8-4-12-18-14-8/h1-4H,(H,13,15)(H,16,17). The average molecular weight is 328 g/mol. The molecule has 0 spiro atoms. The maximum atomic E-state index is 11.7. The third kappa shape index (κ3) is 2.71. The van der Waals surface area contributed by atoms with E-state index in [2.05, 4.69) is 30.0 Å². The lowest BCUT2D eigenvalue weighted by atomic mass is 10.2. The SMILES string of the molecule is O=C(O)c1ccc(Br)c(NC(=O)c2cnsn2)c1. The summed E-state index contributed by atoms with van der Waals surface area (Å²) in [5.74, 6) is -1.50. The molecule has 2 aromatic rings. The van der Waals surface area contributed by atoms with E-state index in [1.165, 1.54) is 18.3 Å². The third-order valence-electron chi connectivity index (χ3n) is 2.06. The highest BCUT2D eigenvalue weighted by Crippen LogP contribution is 2.24. The highest BCUT2D eigenvalue weighted by atomic mass is 79.9. The van der Waals surface area contributed by atoms with E-state index in [1.807, 2.05) is 0 Å². The van der Waals surface area contributed by atoms with Crippen LogP contribution in [0.2, 0.25) is 0 Å². The van der Waals surface area contributed by atoms with Crippen molar-refractivity contribution in [1.29, 1.82) is 0 Å². The van der Waals surface area contributed by atoms with Crippen LogP contribution >= 0.6 is 27.7 Å². The molecule has 0 aliphatic rings. The second-order valence-electron chi connectivity index (χ2n) is 3.25. The van der Waals surface area contributed by atoms with Crippen LogP contribution in [0.5, 0.6) is 0 Å². The molecule has 1 amide bonds. The highest BCUT2D eigenvalue weighted by molar-refractivity contribution is 9.10. The fourth-order valence-corrected chi connectivity index (χ4v) is 1.96. The molecule has 0 aliphatic carbocycles. The summed E-state index contributed by atoms with van der Waals surface area (Å²) in [7, 11) is 0. The Morgan fingerprint density at radius 1 is 1.39 bits per heavy atom. The molecule has 0 atom stereocenters. The van der Waals surface area contributed by atoms with Crippen molar-refractivity contribution in [2.45, 2.75) is 0 Å². The second-order valence-corrected chi connectivity index (χ2v) is 4.66. The summed E-state index contributed by atoms with van der Waals surface area (Å²) in [6.45, 7) is 0. The lowest BCUT2D eigenvalue weighted by Gasteiger charge is -2.06. The predicted molar refractivity (Wildman–Crippen MR) is 69.0 cm³/mol. The van der Waals surface area contributed by atoms with Crippen LogP contribution in [0.3, 0.4) is 0 Å². The fraction of sp³-hybridized carbons (Fsp3) is 0. The summed E-state index contributed by atoms with van der Waals surface area (Å²) in [5, 5.41) is 11.4. The molecule has 92 valence electrons. The van der Waals surface area contributed by atoms with Crippen LogP contribution in [-0.4, -0.2) is 25.7 Å². The molecule has 0 radical (unpaired) electrons. The van der Waals surface area contributed by atoms with Crippen LogP contribution in [0.15, 0.2) is 28.9 Å². The minimum atomic E-state index is -1.06. The van der Waals surface area contributed by atoms with Crippen LogP contribution in [0.25, 0.3) is 0 Å². The van der Waals surface area contributed by atoms with E-state index < -0.39 is 11.9 Å². The lowest BCUT2D eigenvalue weighted by Crippen LogP contribution is -2.13. The van der Waals surface area contributed by atoms with Gasteiger partial charge >= 0.3 is 5.97 Å². The number of hydrogen-bond acceptors (Lipinski definition) is 5. The number of nitrogens with one attached hydrogen (secondary N) is 1. The number of rotatable bonds is 3. The van der Waals surface area contributed by atoms with Gasteiger partial charge in [0.1, 0.15) is 0 Å². The number of aromatic carboxylic acids is 1. The van der Waals surface area contributed by atoms with Gasteiger partial charge in [0.25, 0.3) is 5.91 Å². The van der Waals surface area contributed by atoms with Crippen molar-refractivity contribution >= 4 is 45.2 Å². The van der Waals surface area contributed by atoms with Gasteiger partial charge < -0.3 is 10.4 Å². The number of carbonyl (C=O) groups is 2. The normalized spacial score (nSPS) is 10.1. The van der Waals surface area contributed by atoms with Gasteiger partial charge in [0.05, 0.1) is 29.2 Å². The van der Waals surface area contributed by atoms with Crippen LogP contribution in [-0.2, 0) is 0 Å². The van der Waals surface area contributed by atoms with Crippen molar-refractivity contribution in [3.8, 4) is 0 Å². The average Bonchev–Trinajstić information content (AvgIpc) is 2.85. The van der Waals surface area contributed by atoms with E-state index in [0.29, 0.717) is 10.2 Å². The number of benzene rings is 1. The first-order valence-electron chi connectivity index (χ1n) is 4.69. The van der Waals surface area contributed by atoms with Crippen molar-refractivity contribution in [3.63, 3.8) is 0 Å². The minimum absolute atomic E-state index is 0.0879. The molecule has 8 heteroatoms. The molecular weight excluding hydrogens is 322 g/mol. The van der Waals surface area contributed by atoms with Crippen molar-refractivity contribution < 1.29 is 14.7 Å². The molecule has 1 aromatic heterocycles. The van der Waals surface area contributed by atoms with Crippen LogP contribution < -0.4 is 5.32 Å². The molecule has 2 N–H and O–H groups in total. The molecule has 2 rings (SSSR count). The Kier molecular flexibility index (Phi) is 3.68. The second kappa shape index (κ2) is 5.23. The zero-order valence-electron chi connectivity index (χ0n) is 8.75. The molecule has 18 heavy (non-hydrogen) atoms.